The maximum atomic E-state index is 12.8. The highest BCUT2D eigenvalue weighted by Gasteiger charge is 2.36. The van der Waals surface area contributed by atoms with Gasteiger partial charge in [0.25, 0.3) is 0 Å². The Kier molecular flexibility index (Phi) is 10.6. The van der Waals surface area contributed by atoms with E-state index in [9.17, 15) is 24.3 Å². The van der Waals surface area contributed by atoms with Gasteiger partial charge in [-0.15, -0.1) is 0 Å². The number of aliphatic imine (C=N–C) groups is 1. The minimum Gasteiger partial charge on any atom is -0.480 e. The third-order valence-corrected chi connectivity index (χ3v) is 6.54. The van der Waals surface area contributed by atoms with E-state index in [0.29, 0.717) is 0 Å². The Morgan fingerprint density at radius 1 is 0.773 bits per heavy atom. The highest BCUT2D eigenvalue weighted by molar-refractivity contribution is 6.01. The Labute approximate surface area is 257 Å². The Balaban J connectivity index is 1.61. The van der Waals surface area contributed by atoms with Gasteiger partial charge >= 0.3 is 24.2 Å². The van der Waals surface area contributed by atoms with Gasteiger partial charge in [0.1, 0.15) is 23.3 Å². The van der Waals surface area contributed by atoms with Crippen LogP contribution in [0.3, 0.4) is 0 Å². The monoisotopic (exact) mass is 610 g/mol. The topological polar surface area (TPSA) is 165 Å². The average Bonchev–Trinajstić information content (AvgIpc) is 3.21. The van der Waals surface area contributed by atoms with E-state index in [1.807, 2.05) is 48.5 Å². The zero-order valence-corrected chi connectivity index (χ0v) is 26.3. The minimum absolute atomic E-state index is 0.00380. The molecule has 238 valence electrons. The molecule has 4 N–H and O–H groups in total. The first-order chi connectivity index (χ1) is 20.5. The van der Waals surface area contributed by atoms with Crippen molar-refractivity contribution in [2.75, 3.05) is 13.2 Å². The van der Waals surface area contributed by atoms with Crippen LogP contribution in [0.4, 0.5) is 14.4 Å². The molecule has 1 atom stereocenters. The number of nitrogens with one attached hydrogen (secondary N) is 3. The van der Waals surface area contributed by atoms with Crippen LogP contribution < -0.4 is 16.0 Å². The molecule has 0 fully saturated rings. The van der Waals surface area contributed by atoms with Gasteiger partial charge in [-0.2, -0.15) is 0 Å². The third-order valence-electron chi connectivity index (χ3n) is 6.54. The van der Waals surface area contributed by atoms with E-state index in [0.717, 1.165) is 22.3 Å². The molecule has 1 aliphatic carbocycles. The number of nitrogens with zero attached hydrogens (tertiary/aromatic N) is 1. The van der Waals surface area contributed by atoms with E-state index in [4.69, 9.17) is 14.2 Å². The minimum atomic E-state index is -1.67. The lowest BCUT2D eigenvalue weighted by atomic mass is 9.96. The molecule has 3 amide bonds. The van der Waals surface area contributed by atoms with Crippen LogP contribution in [0, 0.1) is 0 Å². The Morgan fingerprint density at radius 2 is 1.25 bits per heavy atom. The first kappa shape index (κ1) is 33.9. The molecule has 0 aliphatic heterocycles. The van der Waals surface area contributed by atoms with E-state index in [2.05, 4.69) is 20.9 Å². The molecule has 0 radical (unpaired) electrons. The van der Waals surface area contributed by atoms with Crippen molar-refractivity contribution >= 4 is 30.2 Å². The summed E-state index contributed by atoms with van der Waals surface area (Å²) in [7, 11) is 0. The molecule has 44 heavy (non-hydrogen) atoms. The summed E-state index contributed by atoms with van der Waals surface area (Å²) in [5.74, 6) is -1.66. The van der Waals surface area contributed by atoms with Gasteiger partial charge in [-0.25, -0.2) is 19.2 Å². The number of fused-ring (bicyclic) bond motifs is 3. The van der Waals surface area contributed by atoms with E-state index in [1.54, 1.807) is 41.5 Å². The van der Waals surface area contributed by atoms with Gasteiger partial charge in [0, 0.05) is 12.5 Å². The fraction of sp³-hybridized carbons (Fsp3) is 0.469. The van der Waals surface area contributed by atoms with Crippen molar-refractivity contribution in [1.29, 1.82) is 0 Å². The Hall–Kier alpha value is -4.61. The molecular formula is C32H42N4O8. The lowest BCUT2D eigenvalue weighted by Gasteiger charge is -2.26. The lowest BCUT2D eigenvalue weighted by molar-refractivity contribution is -0.144. The molecule has 3 rings (SSSR count). The number of alkyl carbamates (subject to hydrolysis) is 3. The number of rotatable bonds is 8. The number of guanidine groups is 1. The predicted octanol–water partition coefficient (Wildman–Crippen LogP) is 5.55. The smallest absolute Gasteiger partial charge is 0.414 e. The van der Waals surface area contributed by atoms with Crippen molar-refractivity contribution in [3.05, 3.63) is 59.7 Å². The molecule has 0 heterocycles. The van der Waals surface area contributed by atoms with E-state index in [1.165, 1.54) is 6.92 Å². The summed E-state index contributed by atoms with van der Waals surface area (Å²) in [5.41, 5.74) is 0.969. The third kappa shape index (κ3) is 9.72. The van der Waals surface area contributed by atoms with Gasteiger partial charge in [-0.1, -0.05) is 48.5 Å². The molecule has 2 aromatic carbocycles. The molecule has 12 nitrogen and oxygen atoms in total. The van der Waals surface area contributed by atoms with Crippen molar-refractivity contribution in [2.45, 2.75) is 84.0 Å². The van der Waals surface area contributed by atoms with Crippen LogP contribution in [0.1, 0.15) is 78.4 Å². The molecule has 0 saturated carbocycles. The Bertz CT molecular complexity index is 1330. The number of aliphatic carboxylic acids is 1. The molecule has 0 saturated heterocycles. The normalized spacial score (nSPS) is 13.8. The summed E-state index contributed by atoms with van der Waals surface area (Å²) in [6, 6.07) is 15.8. The molecule has 0 bridgehead atoms. The summed E-state index contributed by atoms with van der Waals surface area (Å²) in [6.07, 6.45) is -2.41. The maximum absolute atomic E-state index is 12.8. The summed E-state index contributed by atoms with van der Waals surface area (Å²) in [4.78, 5) is 53.7. The highest BCUT2D eigenvalue weighted by atomic mass is 16.6. The van der Waals surface area contributed by atoms with Gasteiger partial charge < -0.3 is 24.6 Å². The maximum Gasteiger partial charge on any atom is 0.414 e. The van der Waals surface area contributed by atoms with Crippen molar-refractivity contribution in [1.82, 2.24) is 16.0 Å². The predicted molar refractivity (Wildman–Crippen MR) is 165 cm³/mol. The average molecular weight is 611 g/mol. The van der Waals surface area contributed by atoms with Crippen molar-refractivity contribution < 1.29 is 38.5 Å². The quantitative estimate of drug-likeness (QED) is 0.131. The fourth-order valence-corrected chi connectivity index (χ4v) is 4.62. The number of ether oxygens (including phenoxy) is 3. The molecule has 1 aliphatic rings. The second kappa shape index (κ2) is 13.8. The summed E-state index contributed by atoms with van der Waals surface area (Å²) in [5, 5.41) is 17.2. The first-order valence-electron chi connectivity index (χ1n) is 14.4. The van der Waals surface area contributed by atoms with Gasteiger partial charge in [0.2, 0.25) is 5.96 Å². The van der Waals surface area contributed by atoms with Crippen molar-refractivity contribution in [2.24, 2.45) is 4.99 Å². The summed E-state index contributed by atoms with van der Waals surface area (Å²) in [6.45, 7) is 11.5. The SMILES string of the molecule is CC(C)(C)OC(=O)NC(=NCCC[C@](C)(NC(=O)OCC1c2ccccc2-c2ccccc21)C(=O)O)NC(=O)OC(C)(C)C. The van der Waals surface area contributed by atoms with Crippen LogP contribution in [0.25, 0.3) is 11.1 Å². The van der Waals surface area contributed by atoms with Crippen molar-refractivity contribution in [3.8, 4) is 11.1 Å². The van der Waals surface area contributed by atoms with Gasteiger partial charge in [-0.05, 0) is 83.6 Å². The highest BCUT2D eigenvalue weighted by Crippen LogP contribution is 2.44. The van der Waals surface area contributed by atoms with E-state index in [-0.39, 0.29) is 37.9 Å². The number of carbonyl (C=O) groups is 4. The van der Waals surface area contributed by atoms with Gasteiger partial charge in [0.15, 0.2) is 0 Å². The molecule has 12 heteroatoms. The summed E-state index contributed by atoms with van der Waals surface area (Å²) >= 11 is 0. The first-order valence-corrected chi connectivity index (χ1v) is 14.4. The van der Waals surface area contributed by atoms with E-state index >= 15 is 0 Å². The van der Waals surface area contributed by atoms with E-state index < -0.39 is 41.0 Å². The number of hydrogen-bond donors (Lipinski definition) is 4. The fourth-order valence-electron chi connectivity index (χ4n) is 4.62. The molecule has 2 aromatic rings. The standard InChI is InChI=1S/C32H42N4O8/c1-30(2,3)43-27(39)34-26(35-28(40)44-31(4,5)6)33-18-12-17-32(7,25(37)38)36-29(41)42-19-24-22-15-10-8-13-20(22)21-14-9-11-16-23(21)24/h8-11,13-16,24H,12,17-19H2,1-7H3,(H,36,41)(H,37,38)(H2,33,34,35,39,40)/t32-/m0/s1. The molecule has 0 unspecified atom stereocenters. The van der Waals surface area contributed by atoms with Crippen LogP contribution in [-0.4, -0.2) is 65.2 Å². The zero-order valence-electron chi connectivity index (χ0n) is 26.3. The van der Waals surface area contributed by atoms with Crippen LogP contribution in [0.2, 0.25) is 0 Å². The number of carboxylic acids is 1. The number of hydrogen-bond acceptors (Lipinski definition) is 8. The second-order valence-electron chi connectivity index (χ2n) is 12.7. The zero-order chi connectivity index (χ0) is 32.7. The number of carbonyl (C=O) groups excluding carboxylic acids is 3. The number of benzene rings is 2. The van der Waals surface area contributed by atoms with Crippen LogP contribution in [0.5, 0.6) is 0 Å². The van der Waals surface area contributed by atoms with Crippen LogP contribution in [-0.2, 0) is 19.0 Å². The largest absolute Gasteiger partial charge is 0.480 e. The van der Waals surface area contributed by atoms with Crippen LogP contribution in [0.15, 0.2) is 53.5 Å². The molecule has 0 spiro atoms. The number of amides is 3. The molecule has 0 aromatic heterocycles. The summed E-state index contributed by atoms with van der Waals surface area (Å²) < 4.78 is 16.0. The van der Waals surface area contributed by atoms with Gasteiger partial charge in [-0.3, -0.25) is 15.6 Å². The lowest BCUT2D eigenvalue weighted by Crippen LogP contribution is -2.52. The van der Waals surface area contributed by atoms with Crippen molar-refractivity contribution in [3.63, 3.8) is 0 Å². The second-order valence-corrected chi connectivity index (χ2v) is 12.7. The number of carboxylic acid groups (broad SMARTS) is 1. The Morgan fingerprint density at radius 3 is 1.70 bits per heavy atom. The molecular weight excluding hydrogens is 568 g/mol. The van der Waals surface area contributed by atoms with Crippen LogP contribution >= 0.6 is 0 Å². The van der Waals surface area contributed by atoms with Gasteiger partial charge in [0.05, 0.1) is 0 Å².